The molecular formula is C10H9ClFN5O2. The Kier molecular flexibility index (Phi) is 4.24. The molecule has 0 fully saturated rings. The normalized spacial score (nSPS) is 10.2. The smallest absolute Gasteiger partial charge is 0.258 e. The van der Waals surface area contributed by atoms with E-state index in [2.05, 4.69) is 25.9 Å². The average molecular weight is 286 g/mol. The third-order valence-corrected chi connectivity index (χ3v) is 2.38. The fourth-order valence-corrected chi connectivity index (χ4v) is 1.44. The third kappa shape index (κ3) is 3.88. The first-order valence-electron chi connectivity index (χ1n) is 5.22. The number of nitrogens with zero attached hydrogens (tertiary/aromatic N) is 3. The topological polar surface area (TPSA) is 92.8 Å². The van der Waals surface area contributed by atoms with E-state index in [4.69, 9.17) is 16.3 Å². The predicted molar refractivity (Wildman–Crippen MR) is 62.9 cm³/mol. The Morgan fingerprint density at radius 1 is 1.53 bits per heavy atom. The van der Waals surface area contributed by atoms with Crippen molar-refractivity contribution in [3.8, 4) is 5.75 Å². The van der Waals surface area contributed by atoms with Crippen LogP contribution in [0.1, 0.15) is 5.82 Å². The Morgan fingerprint density at radius 3 is 3.05 bits per heavy atom. The molecule has 0 aliphatic heterocycles. The van der Waals surface area contributed by atoms with Gasteiger partial charge in [-0.05, 0) is 18.2 Å². The van der Waals surface area contributed by atoms with Crippen molar-refractivity contribution in [3.05, 3.63) is 34.9 Å². The Morgan fingerprint density at radius 2 is 2.37 bits per heavy atom. The van der Waals surface area contributed by atoms with Gasteiger partial charge >= 0.3 is 0 Å². The number of rotatable bonds is 5. The zero-order valence-corrected chi connectivity index (χ0v) is 10.3. The van der Waals surface area contributed by atoms with Gasteiger partial charge < -0.3 is 10.1 Å². The fraction of sp³-hybridized carbons (Fsp3) is 0.200. The maximum atomic E-state index is 12.8. The van der Waals surface area contributed by atoms with Gasteiger partial charge in [0.25, 0.3) is 5.91 Å². The maximum Gasteiger partial charge on any atom is 0.258 e. The van der Waals surface area contributed by atoms with Crippen LogP contribution in [0.3, 0.4) is 0 Å². The lowest BCUT2D eigenvalue weighted by molar-refractivity contribution is -0.123. The number of benzene rings is 1. The molecule has 1 heterocycles. The van der Waals surface area contributed by atoms with Crippen molar-refractivity contribution in [1.29, 1.82) is 0 Å². The summed E-state index contributed by atoms with van der Waals surface area (Å²) in [6.07, 6.45) is 0. The molecular weight excluding hydrogens is 277 g/mol. The Bertz CT molecular complexity index is 563. The molecule has 19 heavy (non-hydrogen) atoms. The molecule has 0 aliphatic carbocycles. The molecule has 2 rings (SSSR count). The number of ether oxygens (including phenoxy) is 1. The molecule has 2 aromatic rings. The second-order valence-corrected chi connectivity index (χ2v) is 3.88. The van der Waals surface area contributed by atoms with E-state index in [1.807, 2.05) is 0 Å². The summed E-state index contributed by atoms with van der Waals surface area (Å²) in [5, 5.41) is 15.6. The van der Waals surface area contributed by atoms with E-state index in [-0.39, 0.29) is 29.8 Å². The van der Waals surface area contributed by atoms with Crippen LogP contribution in [-0.4, -0.2) is 33.1 Å². The van der Waals surface area contributed by atoms with E-state index < -0.39 is 5.82 Å². The number of H-pyrrole nitrogens is 1. The zero-order valence-electron chi connectivity index (χ0n) is 9.56. The molecule has 0 aliphatic rings. The number of carbonyl (C=O) groups is 1. The van der Waals surface area contributed by atoms with Crippen molar-refractivity contribution in [2.75, 3.05) is 6.61 Å². The summed E-state index contributed by atoms with van der Waals surface area (Å²) in [6, 6.07) is 3.65. The largest absolute Gasteiger partial charge is 0.482 e. The first-order chi connectivity index (χ1) is 9.15. The van der Waals surface area contributed by atoms with Crippen molar-refractivity contribution >= 4 is 17.5 Å². The molecule has 1 amide bonds. The van der Waals surface area contributed by atoms with Crippen molar-refractivity contribution < 1.29 is 13.9 Å². The van der Waals surface area contributed by atoms with Crippen LogP contribution in [-0.2, 0) is 11.3 Å². The van der Waals surface area contributed by atoms with Crippen molar-refractivity contribution in [3.63, 3.8) is 0 Å². The number of hydrogen-bond acceptors (Lipinski definition) is 5. The molecule has 0 radical (unpaired) electrons. The molecule has 0 saturated carbocycles. The van der Waals surface area contributed by atoms with E-state index in [0.717, 1.165) is 6.07 Å². The highest BCUT2D eigenvalue weighted by molar-refractivity contribution is 6.32. The van der Waals surface area contributed by atoms with E-state index in [0.29, 0.717) is 5.82 Å². The highest BCUT2D eigenvalue weighted by atomic mass is 35.5. The summed E-state index contributed by atoms with van der Waals surface area (Å²) in [6.45, 7) is -0.112. The van der Waals surface area contributed by atoms with Gasteiger partial charge in [0.05, 0.1) is 11.6 Å². The molecule has 0 unspecified atom stereocenters. The monoisotopic (exact) mass is 285 g/mol. The van der Waals surface area contributed by atoms with E-state index in [9.17, 15) is 9.18 Å². The first-order valence-corrected chi connectivity index (χ1v) is 5.60. The molecule has 2 N–H and O–H groups in total. The standard InChI is InChI=1S/C10H9ClFN5O2/c11-7-3-6(12)1-2-8(7)19-5-10(18)13-4-9-14-16-17-15-9/h1-3H,4-5H2,(H,13,18)(H,14,15,16,17). The van der Waals surface area contributed by atoms with Crippen molar-refractivity contribution in [1.82, 2.24) is 25.9 Å². The minimum absolute atomic E-state index is 0.103. The lowest BCUT2D eigenvalue weighted by Crippen LogP contribution is -2.28. The van der Waals surface area contributed by atoms with Crippen LogP contribution in [0.4, 0.5) is 4.39 Å². The summed E-state index contributed by atoms with van der Waals surface area (Å²) in [5.74, 6) is -0.268. The van der Waals surface area contributed by atoms with E-state index >= 15 is 0 Å². The van der Waals surface area contributed by atoms with Crippen molar-refractivity contribution in [2.24, 2.45) is 0 Å². The van der Waals surface area contributed by atoms with Crippen LogP contribution in [0.25, 0.3) is 0 Å². The SMILES string of the molecule is O=C(COc1ccc(F)cc1Cl)NCc1nn[nH]n1. The van der Waals surface area contributed by atoms with Crippen LogP contribution in [0.2, 0.25) is 5.02 Å². The van der Waals surface area contributed by atoms with Gasteiger partial charge in [-0.3, -0.25) is 4.79 Å². The quantitative estimate of drug-likeness (QED) is 0.843. The van der Waals surface area contributed by atoms with E-state index in [1.165, 1.54) is 12.1 Å². The van der Waals surface area contributed by atoms with Crippen LogP contribution in [0.15, 0.2) is 18.2 Å². The second kappa shape index (κ2) is 6.10. The summed E-state index contributed by atoms with van der Waals surface area (Å²) in [5.41, 5.74) is 0. The maximum absolute atomic E-state index is 12.8. The molecule has 0 atom stereocenters. The minimum Gasteiger partial charge on any atom is -0.482 e. The Labute approximate surface area is 112 Å². The van der Waals surface area contributed by atoms with Gasteiger partial charge in [-0.2, -0.15) is 5.21 Å². The Hall–Kier alpha value is -2.22. The van der Waals surface area contributed by atoms with Crippen LogP contribution in [0.5, 0.6) is 5.75 Å². The van der Waals surface area contributed by atoms with Gasteiger partial charge in [-0.1, -0.05) is 16.8 Å². The molecule has 0 spiro atoms. The van der Waals surface area contributed by atoms with Gasteiger partial charge in [0.15, 0.2) is 12.4 Å². The molecule has 9 heteroatoms. The van der Waals surface area contributed by atoms with E-state index in [1.54, 1.807) is 0 Å². The average Bonchev–Trinajstić information content (AvgIpc) is 2.88. The van der Waals surface area contributed by atoms with Crippen LogP contribution >= 0.6 is 11.6 Å². The number of amides is 1. The minimum atomic E-state index is -0.473. The number of aromatic amines is 1. The first kappa shape index (κ1) is 13.2. The number of halogens is 2. The third-order valence-electron chi connectivity index (χ3n) is 2.09. The number of nitrogens with one attached hydrogen (secondary N) is 2. The van der Waals surface area contributed by atoms with Crippen LogP contribution < -0.4 is 10.1 Å². The van der Waals surface area contributed by atoms with Gasteiger partial charge in [-0.25, -0.2) is 4.39 Å². The van der Waals surface area contributed by atoms with Gasteiger partial charge in [0.1, 0.15) is 11.6 Å². The zero-order chi connectivity index (χ0) is 13.7. The molecule has 100 valence electrons. The number of aromatic nitrogens is 4. The van der Waals surface area contributed by atoms with Gasteiger partial charge in [0.2, 0.25) is 0 Å². The van der Waals surface area contributed by atoms with Gasteiger partial charge in [-0.15, -0.1) is 10.2 Å². The Balaban J connectivity index is 1.80. The summed E-state index contributed by atoms with van der Waals surface area (Å²) in [7, 11) is 0. The number of carbonyl (C=O) groups excluding carboxylic acids is 1. The summed E-state index contributed by atoms with van der Waals surface area (Å²) < 4.78 is 17.9. The lowest BCUT2D eigenvalue weighted by Gasteiger charge is -2.07. The molecule has 0 saturated heterocycles. The summed E-state index contributed by atoms with van der Waals surface area (Å²) in [4.78, 5) is 11.5. The number of hydrogen-bond donors (Lipinski definition) is 2. The second-order valence-electron chi connectivity index (χ2n) is 3.47. The van der Waals surface area contributed by atoms with Crippen LogP contribution in [0, 0.1) is 5.82 Å². The molecule has 7 nitrogen and oxygen atoms in total. The van der Waals surface area contributed by atoms with Gasteiger partial charge in [0, 0.05) is 0 Å². The highest BCUT2D eigenvalue weighted by Crippen LogP contribution is 2.24. The predicted octanol–water partition coefficient (Wildman–Crippen LogP) is 0.687. The summed E-state index contributed by atoms with van der Waals surface area (Å²) >= 11 is 5.74. The molecule has 1 aromatic carbocycles. The lowest BCUT2D eigenvalue weighted by atomic mass is 10.3. The fourth-order valence-electron chi connectivity index (χ4n) is 1.22. The molecule has 1 aromatic heterocycles. The molecule has 0 bridgehead atoms. The van der Waals surface area contributed by atoms with Crippen molar-refractivity contribution in [2.45, 2.75) is 6.54 Å². The highest BCUT2D eigenvalue weighted by Gasteiger charge is 2.07. The number of tetrazole rings is 1.